The van der Waals surface area contributed by atoms with Crippen LogP contribution in [0.1, 0.15) is 29.9 Å². The normalized spacial score (nSPS) is 15.6. The van der Waals surface area contributed by atoms with Gasteiger partial charge < -0.3 is 0 Å². The smallest absolute Gasteiger partial charge is 0.276 e. The van der Waals surface area contributed by atoms with E-state index in [2.05, 4.69) is 5.43 Å². The zero-order valence-electron chi connectivity index (χ0n) is 11.1. The average Bonchev–Trinajstić information content (AvgIpc) is 2.66. The molecule has 0 spiro atoms. The predicted octanol–water partition coefficient (Wildman–Crippen LogP) is 0.246. The van der Waals surface area contributed by atoms with Crippen LogP contribution in [0, 0.1) is 0 Å². The molecule has 2 aromatic rings. The number of aryl methyl sites for hydroxylation is 1. The molecule has 0 atom stereocenters. The maximum absolute atomic E-state index is 12.6. The standard InChI is InChI=1S/C16H15N3O/c20-16-13-7-3-4-8-14(13)18-15-9-11-5-1-2-6-12(11)10-17-19(15)16/h1-2,5-6,9-10,17H,3-4,7-8H2. The van der Waals surface area contributed by atoms with Gasteiger partial charge in [-0.1, -0.05) is 24.3 Å². The number of rotatable bonds is 0. The van der Waals surface area contributed by atoms with Gasteiger partial charge in [-0.05, 0) is 42.2 Å². The van der Waals surface area contributed by atoms with Crippen LogP contribution < -0.4 is 21.4 Å². The molecular formula is C16H15N3O. The van der Waals surface area contributed by atoms with Gasteiger partial charge in [0.25, 0.3) is 5.56 Å². The number of nitrogens with zero attached hydrogens (tertiary/aromatic N) is 2. The Bertz CT molecular complexity index is 864. The topological polar surface area (TPSA) is 46.9 Å². The Kier molecular flexibility index (Phi) is 2.49. The van der Waals surface area contributed by atoms with E-state index >= 15 is 0 Å². The molecule has 1 aliphatic heterocycles. The molecule has 4 rings (SSSR count). The molecule has 4 heteroatoms. The van der Waals surface area contributed by atoms with Crippen LogP contribution in [0.15, 0.2) is 29.1 Å². The number of hydrogen-bond acceptors (Lipinski definition) is 3. The third kappa shape index (κ3) is 1.68. The maximum atomic E-state index is 12.6. The van der Waals surface area contributed by atoms with E-state index in [0.717, 1.165) is 47.4 Å². The van der Waals surface area contributed by atoms with Crippen molar-refractivity contribution in [2.45, 2.75) is 25.7 Å². The van der Waals surface area contributed by atoms with Crippen molar-refractivity contribution in [3.8, 4) is 0 Å². The Morgan fingerprint density at radius 1 is 1.10 bits per heavy atom. The Balaban J connectivity index is 2.03. The molecule has 100 valence electrons. The summed E-state index contributed by atoms with van der Waals surface area (Å²) in [5, 5.41) is 2.14. The molecule has 2 heterocycles. The molecule has 1 N–H and O–H groups in total. The summed E-state index contributed by atoms with van der Waals surface area (Å²) in [5.41, 5.74) is 4.98. The van der Waals surface area contributed by atoms with Crippen LogP contribution >= 0.6 is 0 Å². The second-order valence-electron chi connectivity index (χ2n) is 5.29. The van der Waals surface area contributed by atoms with Gasteiger partial charge in [0.15, 0.2) is 5.82 Å². The lowest BCUT2D eigenvalue weighted by atomic mass is 9.97. The van der Waals surface area contributed by atoms with Crippen molar-refractivity contribution in [3.05, 3.63) is 62.1 Å². The minimum Gasteiger partial charge on any atom is -0.296 e. The fourth-order valence-corrected chi connectivity index (χ4v) is 2.94. The van der Waals surface area contributed by atoms with Gasteiger partial charge in [-0.2, -0.15) is 0 Å². The summed E-state index contributed by atoms with van der Waals surface area (Å²) in [6, 6.07) is 8.04. The fourth-order valence-electron chi connectivity index (χ4n) is 2.94. The van der Waals surface area contributed by atoms with E-state index < -0.39 is 0 Å². The second-order valence-corrected chi connectivity index (χ2v) is 5.29. The van der Waals surface area contributed by atoms with Crippen molar-refractivity contribution < 1.29 is 0 Å². The Morgan fingerprint density at radius 3 is 2.80 bits per heavy atom. The molecule has 1 aliphatic carbocycles. The lowest BCUT2D eigenvalue weighted by Gasteiger charge is -2.17. The van der Waals surface area contributed by atoms with E-state index in [0.29, 0.717) is 5.82 Å². The molecule has 0 saturated heterocycles. The number of fused-ring (bicyclic) bond motifs is 3. The first-order valence-electron chi connectivity index (χ1n) is 7.01. The Morgan fingerprint density at radius 2 is 1.90 bits per heavy atom. The van der Waals surface area contributed by atoms with E-state index in [1.54, 1.807) is 4.68 Å². The van der Waals surface area contributed by atoms with Gasteiger partial charge >= 0.3 is 0 Å². The first kappa shape index (κ1) is 11.5. The molecule has 0 amide bonds. The van der Waals surface area contributed by atoms with Crippen molar-refractivity contribution >= 4 is 12.3 Å². The monoisotopic (exact) mass is 265 g/mol. The Labute approximate surface area is 116 Å². The molecular weight excluding hydrogens is 250 g/mol. The first-order chi connectivity index (χ1) is 9.83. The van der Waals surface area contributed by atoms with Crippen LogP contribution in [0.4, 0.5) is 0 Å². The molecule has 0 radical (unpaired) electrons. The Hall–Kier alpha value is -2.36. The molecule has 20 heavy (non-hydrogen) atoms. The van der Waals surface area contributed by atoms with E-state index in [1.807, 2.05) is 36.5 Å². The number of nitrogens with one attached hydrogen (secondary N) is 1. The molecule has 0 unspecified atom stereocenters. The highest BCUT2D eigenvalue weighted by Gasteiger charge is 2.18. The van der Waals surface area contributed by atoms with Crippen LogP contribution in [0.5, 0.6) is 0 Å². The largest absolute Gasteiger partial charge is 0.296 e. The highest BCUT2D eigenvalue weighted by atomic mass is 16.1. The summed E-state index contributed by atoms with van der Waals surface area (Å²) >= 11 is 0. The van der Waals surface area contributed by atoms with Crippen molar-refractivity contribution in [2.75, 3.05) is 5.43 Å². The van der Waals surface area contributed by atoms with Crippen LogP contribution in [-0.4, -0.2) is 9.66 Å². The van der Waals surface area contributed by atoms with Crippen molar-refractivity contribution in [2.24, 2.45) is 0 Å². The van der Waals surface area contributed by atoms with Gasteiger partial charge in [0.05, 0.1) is 5.69 Å². The second kappa shape index (κ2) is 4.34. The minimum absolute atomic E-state index is 0.0463. The number of hydrogen-bond donors (Lipinski definition) is 1. The summed E-state index contributed by atoms with van der Waals surface area (Å²) in [7, 11) is 0. The summed E-state index contributed by atoms with van der Waals surface area (Å²) in [6.07, 6.45) is 7.80. The zero-order valence-corrected chi connectivity index (χ0v) is 11.1. The van der Waals surface area contributed by atoms with Crippen molar-refractivity contribution in [3.63, 3.8) is 0 Å². The molecule has 4 nitrogen and oxygen atoms in total. The van der Waals surface area contributed by atoms with E-state index in [9.17, 15) is 4.79 Å². The van der Waals surface area contributed by atoms with Gasteiger partial charge in [0.1, 0.15) is 0 Å². The third-order valence-electron chi connectivity index (χ3n) is 4.01. The molecule has 0 saturated carbocycles. The molecule has 0 fully saturated rings. The van der Waals surface area contributed by atoms with Crippen LogP contribution in [0.2, 0.25) is 0 Å². The lowest BCUT2D eigenvalue weighted by Crippen LogP contribution is -2.34. The SMILES string of the molecule is O=c1c2c(nc3n1NC=c1ccccc1=C3)CCCC2. The highest BCUT2D eigenvalue weighted by Crippen LogP contribution is 2.16. The summed E-state index contributed by atoms with van der Waals surface area (Å²) in [6.45, 7) is 0. The van der Waals surface area contributed by atoms with Gasteiger partial charge in [-0.3, -0.25) is 10.2 Å². The summed E-state index contributed by atoms with van der Waals surface area (Å²) < 4.78 is 1.56. The first-order valence-corrected chi connectivity index (χ1v) is 7.01. The quantitative estimate of drug-likeness (QED) is 0.742. The van der Waals surface area contributed by atoms with E-state index in [4.69, 9.17) is 4.98 Å². The predicted molar refractivity (Wildman–Crippen MR) is 78.2 cm³/mol. The van der Waals surface area contributed by atoms with Gasteiger partial charge in [0.2, 0.25) is 0 Å². The number of benzene rings is 1. The van der Waals surface area contributed by atoms with Gasteiger partial charge in [-0.15, -0.1) is 0 Å². The summed E-state index contributed by atoms with van der Waals surface area (Å²) in [5.74, 6) is 0.692. The van der Waals surface area contributed by atoms with E-state index in [1.165, 1.54) is 0 Å². The molecule has 1 aromatic carbocycles. The van der Waals surface area contributed by atoms with Crippen LogP contribution in [0.3, 0.4) is 0 Å². The van der Waals surface area contributed by atoms with Crippen LogP contribution in [0.25, 0.3) is 12.3 Å². The molecule has 1 aromatic heterocycles. The summed E-state index contributed by atoms with van der Waals surface area (Å²) in [4.78, 5) is 17.3. The van der Waals surface area contributed by atoms with Crippen LogP contribution in [-0.2, 0) is 12.8 Å². The third-order valence-corrected chi connectivity index (χ3v) is 4.01. The highest BCUT2D eigenvalue weighted by molar-refractivity contribution is 5.49. The molecule has 2 aliphatic rings. The minimum atomic E-state index is 0.0463. The fraction of sp³-hybridized carbons (Fsp3) is 0.250. The van der Waals surface area contributed by atoms with Crippen molar-refractivity contribution in [1.82, 2.24) is 9.66 Å². The van der Waals surface area contributed by atoms with Gasteiger partial charge in [-0.25, -0.2) is 9.66 Å². The lowest BCUT2D eigenvalue weighted by molar-refractivity contribution is 0.639. The number of aromatic nitrogens is 2. The van der Waals surface area contributed by atoms with E-state index in [-0.39, 0.29) is 5.56 Å². The zero-order chi connectivity index (χ0) is 13.5. The maximum Gasteiger partial charge on any atom is 0.276 e. The molecule has 0 bridgehead atoms. The van der Waals surface area contributed by atoms with Gasteiger partial charge in [0, 0.05) is 11.8 Å². The van der Waals surface area contributed by atoms with Crippen molar-refractivity contribution in [1.29, 1.82) is 0 Å². The average molecular weight is 265 g/mol.